The van der Waals surface area contributed by atoms with Gasteiger partial charge in [-0.25, -0.2) is 4.79 Å². The van der Waals surface area contributed by atoms with Gasteiger partial charge in [0.05, 0.1) is 0 Å². The number of fused-ring (bicyclic) bond motifs is 5. The number of hydrogen-bond acceptors (Lipinski definition) is 3. The largest absolute Gasteiger partial charge is 0.478 e. The number of ketones is 1. The van der Waals surface area contributed by atoms with Crippen LogP contribution in [0.15, 0.2) is 52.9 Å². The number of carboxylic acids is 1. The molecule has 1 aliphatic carbocycles. The highest BCUT2D eigenvalue weighted by molar-refractivity contribution is 6.22. The molecular formula is C22H14O4. The number of hydrogen-bond donors (Lipinski definition) is 1. The fraction of sp³-hybridized carbons (Fsp3) is 0.0909. The van der Waals surface area contributed by atoms with E-state index in [1.807, 2.05) is 42.5 Å². The van der Waals surface area contributed by atoms with E-state index in [0.29, 0.717) is 17.7 Å². The molecule has 4 aromatic rings. The molecule has 0 fully saturated rings. The van der Waals surface area contributed by atoms with E-state index in [2.05, 4.69) is 0 Å². The van der Waals surface area contributed by atoms with Gasteiger partial charge in [0, 0.05) is 16.5 Å². The normalized spacial score (nSPS) is 13.0. The highest BCUT2D eigenvalue weighted by Crippen LogP contribution is 2.37. The molecule has 26 heavy (non-hydrogen) atoms. The molecule has 0 amide bonds. The first-order chi connectivity index (χ1) is 12.5. The summed E-state index contributed by atoms with van der Waals surface area (Å²) in [6.45, 7) is 1.77. The molecule has 4 nitrogen and oxygen atoms in total. The van der Waals surface area contributed by atoms with E-state index in [-0.39, 0.29) is 22.5 Å². The highest BCUT2D eigenvalue weighted by Gasteiger charge is 2.32. The Morgan fingerprint density at radius 2 is 1.88 bits per heavy atom. The first-order valence-electron chi connectivity index (χ1n) is 8.39. The zero-order chi connectivity index (χ0) is 18.0. The fourth-order valence-corrected chi connectivity index (χ4v) is 4.04. The van der Waals surface area contributed by atoms with Gasteiger partial charge < -0.3 is 9.52 Å². The van der Waals surface area contributed by atoms with Crippen LogP contribution in [0.2, 0.25) is 0 Å². The summed E-state index contributed by atoms with van der Waals surface area (Å²) in [6, 6.07) is 15.3. The van der Waals surface area contributed by atoms with Crippen LogP contribution in [-0.4, -0.2) is 16.9 Å². The van der Waals surface area contributed by atoms with Gasteiger partial charge in [0.1, 0.15) is 16.9 Å². The van der Waals surface area contributed by atoms with Crippen LogP contribution in [0.5, 0.6) is 0 Å². The van der Waals surface area contributed by atoms with E-state index >= 15 is 0 Å². The van der Waals surface area contributed by atoms with E-state index in [4.69, 9.17) is 4.42 Å². The number of carboxylic acid groups (broad SMARTS) is 1. The standard InChI is InChI=1S/C22H14O4/c1-11-8-14-9-13-10-17-15-5-3-2-4-12(15)6-7-16(17)20(23)18(13)19(22(24)25)21(14)26-11/h2-9H,10H2,1H3,(H,24,25). The molecule has 0 spiro atoms. The van der Waals surface area contributed by atoms with Crippen molar-refractivity contribution in [2.75, 3.05) is 0 Å². The minimum absolute atomic E-state index is 0.0330. The monoisotopic (exact) mass is 342 g/mol. The molecule has 1 aromatic heterocycles. The topological polar surface area (TPSA) is 67.5 Å². The summed E-state index contributed by atoms with van der Waals surface area (Å²) in [7, 11) is 0. The minimum atomic E-state index is -1.14. The van der Waals surface area contributed by atoms with Gasteiger partial charge >= 0.3 is 5.97 Å². The Morgan fingerprint density at radius 3 is 2.69 bits per heavy atom. The van der Waals surface area contributed by atoms with Gasteiger partial charge in [-0.1, -0.05) is 36.4 Å². The molecule has 0 aliphatic heterocycles. The van der Waals surface area contributed by atoms with Crippen molar-refractivity contribution in [3.8, 4) is 0 Å². The van der Waals surface area contributed by atoms with Gasteiger partial charge in [0.25, 0.3) is 0 Å². The van der Waals surface area contributed by atoms with Crippen LogP contribution in [0.1, 0.15) is 43.2 Å². The number of carbonyl (C=O) groups is 2. The molecule has 0 radical (unpaired) electrons. The zero-order valence-electron chi connectivity index (χ0n) is 14.0. The summed E-state index contributed by atoms with van der Waals surface area (Å²) in [4.78, 5) is 25.2. The molecule has 0 unspecified atom stereocenters. The third-order valence-electron chi connectivity index (χ3n) is 5.11. The number of furan rings is 1. The average Bonchev–Trinajstić information content (AvgIpc) is 2.99. The quantitative estimate of drug-likeness (QED) is 0.478. The van der Waals surface area contributed by atoms with Crippen molar-refractivity contribution in [1.82, 2.24) is 0 Å². The first-order valence-corrected chi connectivity index (χ1v) is 8.39. The Hall–Kier alpha value is -3.40. The Balaban J connectivity index is 1.87. The molecule has 126 valence electrons. The average molecular weight is 342 g/mol. The van der Waals surface area contributed by atoms with Crippen molar-refractivity contribution in [2.24, 2.45) is 0 Å². The molecular weight excluding hydrogens is 328 g/mol. The maximum atomic E-state index is 13.2. The maximum Gasteiger partial charge on any atom is 0.340 e. The van der Waals surface area contributed by atoms with Gasteiger partial charge in [0.2, 0.25) is 0 Å². The SMILES string of the molecule is Cc1cc2cc3c(c(C(=O)O)c2o1)C(=O)c1ccc2ccccc2c1C3. The van der Waals surface area contributed by atoms with E-state index in [9.17, 15) is 14.7 Å². The lowest BCUT2D eigenvalue weighted by Crippen LogP contribution is -2.20. The molecule has 0 saturated carbocycles. The summed E-state index contributed by atoms with van der Waals surface area (Å²) in [5.41, 5.74) is 2.75. The van der Waals surface area contributed by atoms with Crippen LogP contribution >= 0.6 is 0 Å². The van der Waals surface area contributed by atoms with Crippen molar-refractivity contribution in [1.29, 1.82) is 0 Å². The third-order valence-corrected chi connectivity index (χ3v) is 5.11. The van der Waals surface area contributed by atoms with Crippen molar-refractivity contribution >= 4 is 33.5 Å². The number of benzene rings is 3. The van der Waals surface area contributed by atoms with Crippen LogP contribution in [0, 0.1) is 6.92 Å². The van der Waals surface area contributed by atoms with Gasteiger partial charge in [-0.3, -0.25) is 4.79 Å². The number of aryl methyl sites for hydroxylation is 1. The van der Waals surface area contributed by atoms with Crippen molar-refractivity contribution < 1.29 is 19.1 Å². The molecule has 0 bridgehead atoms. The van der Waals surface area contributed by atoms with E-state index in [1.54, 1.807) is 13.0 Å². The lowest BCUT2D eigenvalue weighted by molar-refractivity contribution is 0.0693. The second-order valence-corrected chi connectivity index (χ2v) is 6.68. The number of carbonyl (C=O) groups excluding carboxylic acids is 1. The van der Waals surface area contributed by atoms with Gasteiger partial charge in [-0.05, 0) is 47.4 Å². The molecule has 1 N–H and O–H groups in total. The summed E-state index contributed by atoms with van der Waals surface area (Å²) in [6.07, 6.45) is 0.526. The van der Waals surface area contributed by atoms with Gasteiger partial charge in [-0.2, -0.15) is 0 Å². The highest BCUT2D eigenvalue weighted by atomic mass is 16.4. The van der Waals surface area contributed by atoms with Crippen molar-refractivity contribution in [2.45, 2.75) is 13.3 Å². The fourth-order valence-electron chi connectivity index (χ4n) is 4.04. The molecule has 4 heteroatoms. The lowest BCUT2D eigenvalue weighted by atomic mass is 9.80. The summed E-state index contributed by atoms with van der Waals surface area (Å²) >= 11 is 0. The minimum Gasteiger partial charge on any atom is -0.478 e. The van der Waals surface area contributed by atoms with Crippen LogP contribution in [0.25, 0.3) is 21.7 Å². The summed E-state index contributed by atoms with van der Waals surface area (Å²) in [5, 5.41) is 12.6. The Morgan fingerprint density at radius 1 is 1.08 bits per heavy atom. The lowest BCUT2D eigenvalue weighted by Gasteiger charge is -2.22. The van der Waals surface area contributed by atoms with Crippen LogP contribution in [-0.2, 0) is 6.42 Å². The maximum absolute atomic E-state index is 13.2. The molecule has 5 rings (SSSR count). The van der Waals surface area contributed by atoms with E-state index in [1.165, 1.54) is 0 Å². The van der Waals surface area contributed by atoms with Crippen LogP contribution < -0.4 is 0 Å². The van der Waals surface area contributed by atoms with Crippen LogP contribution in [0.3, 0.4) is 0 Å². The second kappa shape index (κ2) is 5.05. The van der Waals surface area contributed by atoms with Gasteiger partial charge in [0.15, 0.2) is 5.78 Å². The summed E-state index contributed by atoms with van der Waals surface area (Å²) in [5.74, 6) is -0.764. The predicted octanol–water partition coefficient (Wildman–Crippen LogP) is 4.73. The van der Waals surface area contributed by atoms with E-state index in [0.717, 1.165) is 27.3 Å². The van der Waals surface area contributed by atoms with Crippen molar-refractivity contribution in [3.05, 3.63) is 82.1 Å². The second-order valence-electron chi connectivity index (χ2n) is 6.68. The zero-order valence-corrected chi connectivity index (χ0v) is 14.0. The van der Waals surface area contributed by atoms with E-state index < -0.39 is 5.97 Å². The van der Waals surface area contributed by atoms with Crippen LogP contribution in [0.4, 0.5) is 0 Å². The Kier molecular flexibility index (Phi) is 2.89. The van der Waals surface area contributed by atoms with Gasteiger partial charge in [-0.15, -0.1) is 0 Å². The molecule has 1 heterocycles. The Labute approximate surface area is 148 Å². The first kappa shape index (κ1) is 14.9. The molecule has 1 aliphatic rings. The number of rotatable bonds is 1. The third kappa shape index (κ3) is 1.90. The number of aromatic carboxylic acids is 1. The molecule has 3 aromatic carbocycles. The molecule has 0 atom stereocenters. The predicted molar refractivity (Wildman–Crippen MR) is 98.1 cm³/mol. The van der Waals surface area contributed by atoms with Crippen molar-refractivity contribution in [3.63, 3.8) is 0 Å². The Bertz CT molecular complexity index is 1260. The smallest absolute Gasteiger partial charge is 0.340 e. The summed E-state index contributed by atoms with van der Waals surface area (Å²) < 4.78 is 5.60. The molecule has 0 saturated heterocycles.